The molecule has 1 nitrogen and oxygen atoms in total. The van der Waals surface area contributed by atoms with Crippen molar-refractivity contribution in [3.63, 3.8) is 0 Å². The molecule has 60 valence electrons. The van der Waals surface area contributed by atoms with Crippen molar-refractivity contribution in [2.75, 3.05) is 27.2 Å². The van der Waals surface area contributed by atoms with Gasteiger partial charge in [0, 0.05) is 0 Å². The molecule has 2 heteroatoms. The second-order valence-corrected chi connectivity index (χ2v) is 2.88. The highest BCUT2D eigenvalue weighted by molar-refractivity contribution is 5.85. The second-order valence-electron chi connectivity index (χ2n) is 2.88. The fourth-order valence-corrected chi connectivity index (χ4v) is 0.774. The average Bonchev–Trinajstić information content (AvgIpc) is 1.64. The molecule has 0 rings (SSSR count). The first kappa shape index (κ1) is 12.4. The Balaban J connectivity index is 0. The van der Waals surface area contributed by atoms with Crippen molar-refractivity contribution in [3.8, 4) is 0 Å². The molecule has 0 atom stereocenters. The smallest absolute Gasteiger partial charge is 0.0969 e. The van der Waals surface area contributed by atoms with Gasteiger partial charge in [-0.05, 0) is 12.2 Å². The van der Waals surface area contributed by atoms with E-state index < -0.39 is 0 Å². The van der Waals surface area contributed by atoms with Crippen LogP contribution in [0.1, 0.15) is 0 Å². The van der Waals surface area contributed by atoms with E-state index in [2.05, 4.69) is 27.3 Å². The lowest BCUT2D eigenvalue weighted by Crippen LogP contribution is -2.39. The van der Waals surface area contributed by atoms with Crippen LogP contribution in [-0.2, 0) is 0 Å². The molecule has 0 amide bonds. The van der Waals surface area contributed by atoms with Gasteiger partial charge in [-0.25, -0.2) is 0 Å². The van der Waals surface area contributed by atoms with Gasteiger partial charge in [-0.15, -0.1) is 12.4 Å². The molecule has 0 aromatic rings. The van der Waals surface area contributed by atoms with Crippen molar-refractivity contribution in [2.45, 2.75) is 0 Å². The van der Waals surface area contributed by atoms with Gasteiger partial charge < -0.3 is 4.48 Å². The highest BCUT2D eigenvalue weighted by Gasteiger charge is 2.07. The summed E-state index contributed by atoms with van der Waals surface area (Å²) in [4.78, 5) is 0. The Morgan fingerprint density at radius 1 is 1.10 bits per heavy atom. The first-order valence-corrected chi connectivity index (χ1v) is 3.16. The summed E-state index contributed by atoms with van der Waals surface area (Å²) in [6.07, 6.45) is 3.87. The lowest BCUT2D eigenvalue weighted by Gasteiger charge is -2.26. The summed E-state index contributed by atoms with van der Waals surface area (Å²) in [5.41, 5.74) is 0. The maximum Gasteiger partial charge on any atom is 0.0969 e. The van der Waals surface area contributed by atoms with Gasteiger partial charge in [-0.1, -0.05) is 13.2 Å². The van der Waals surface area contributed by atoms with Crippen molar-refractivity contribution in [3.05, 3.63) is 25.3 Å². The normalized spacial score (nSPS) is 9.80. The number of hydrogen-bond acceptors (Lipinski definition) is 0. The van der Waals surface area contributed by atoms with Crippen molar-refractivity contribution < 1.29 is 4.48 Å². The molecular weight excluding hydrogens is 146 g/mol. The molecule has 10 heavy (non-hydrogen) atoms. The maximum atomic E-state index is 3.68. The van der Waals surface area contributed by atoms with Crippen LogP contribution in [0.3, 0.4) is 0 Å². The van der Waals surface area contributed by atoms with Gasteiger partial charge in [-0.2, -0.15) is 0 Å². The topological polar surface area (TPSA) is 0 Å². The third-order valence-electron chi connectivity index (χ3n) is 1.25. The number of halogens is 1. The summed E-state index contributed by atoms with van der Waals surface area (Å²) in [6, 6.07) is 0. The van der Waals surface area contributed by atoms with E-state index in [-0.39, 0.29) is 12.4 Å². The molecule has 0 fully saturated rings. The van der Waals surface area contributed by atoms with E-state index in [1.54, 1.807) is 0 Å². The molecular formula is C8H17ClN+. The van der Waals surface area contributed by atoms with Crippen LogP contribution >= 0.6 is 12.4 Å². The van der Waals surface area contributed by atoms with Crippen molar-refractivity contribution >= 4 is 12.4 Å². The second kappa shape index (κ2) is 5.51. The molecule has 0 bridgehead atoms. The first-order chi connectivity index (χ1) is 4.12. The molecule has 0 radical (unpaired) electrons. The van der Waals surface area contributed by atoms with Crippen LogP contribution in [0.5, 0.6) is 0 Å². The van der Waals surface area contributed by atoms with Crippen LogP contribution in [0.15, 0.2) is 25.3 Å². The van der Waals surface area contributed by atoms with Gasteiger partial charge in [0.15, 0.2) is 0 Å². The van der Waals surface area contributed by atoms with Gasteiger partial charge in [0.2, 0.25) is 0 Å². The summed E-state index contributed by atoms with van der Waals surface area (Å²) in [5.74, 6) is 0. The van der Waals surface area contributed by atoms with E-state index >= 15 is 0 Å². The SMILES string of the molecule is C=CC[N+](C)(C)CC=C.Cl. The molecule has 0 N–H and O–H groups in total. The van der Waals surface area contributed by atoms with Crippen molar-refractivity contribution in [1.82, 2.24) is 0 Å². The molecule has 0 aliphatic rings. The van der Waals surface area contributed by atoms with Gasteiger partial charge >= 0.3 is 0 Å². The summed E-state index contributed by atoms with van der Waals surface area (Å²) in [7, 11) is 4.31. The first-order valence-electron chi connectivity index (χ1n) is 3.16. The Labute approximate surface area is 70.0 Å². The monoisotopic (exact) mass is 162 g/mol. The third kappa shape index (κ3) is 5.86. The Kier molecular flexibility index (Phi) is 6.84. The maximum absolute atomic E-state index is 3.68. The van der Waals surface area contributed by atoms with E-state index in [9.17, 15) is 0 Å². The van der Waals surface area contributed by atoms with E-state index in [1.807, 2.05) is 12.2 Å². The van der Waals surface area contributed by atoms with Crippen LogP contribution < -0.4 is 0 Å². The van der Waals surface area contributed by atoms with Gasteiger partial charge in [0.1, 0.15) is 0 Å². The molecule has 0 unspecified atom stereocenters. The number of quaternary nitrogens is 1. The van der Waals surface area contributed by atoms with E-state index in [4.69, 9.17) is 0 Å². The van der Waals surface area contributed by atoms with Crippen LogP contribution in [0.25, 0.3) is 0 Å². The van der Waals surface area contributed by atoms with E-state index in [0.717, 1.165) is 17.6 Å². The molecule has 0 aliphatic carbocycles. The molecule has 0 spiro atoms. The Hall–Kier alpha value is -0.270. The highest BCUT2D eigenvalue weighted by atomic mass is 35.5. The third-order valence-corrected chi connectivity index (χ3v) is 1.25. The molecule has 0 aromatic heterocycles. The zero-order valence-corrected chi connectivity index (χ0v) is 7.66. The number of nitrogens with zero attached hydrogens (tertiary/aromatic N) is 1. The molecule has 0 heterocycles. The van der Waals surface area contributed by atoms with E-state index in [1.165, 1.54) is 0 Å². The fourth-order valence-electron chi connectivity index (χ4n) is 0.774. The van der Waals surface area contributed by atoms with Crippen molar-refractivity contribution in [1.29, 1.82) is 0 Å². The molecule has 0 saturated carbocycles. The van der Waals surface area contributed by atoms with Crippen molar-refractivity contribution in [2.24, 2.45) is 0 Å². The van der Waals surface area contributed by atoms with Crippen LogP contribution in [0, 0.1) is 0 Å². The summed E-state index contributed by atoms with van der Waals surface area (Å²) < 4.78 is 0.951. The van der Waals surface area contributed by atoms with E-state index in [0.29, 0.717) is 0 Å². The number of rotatable bonds is 4. The quantitative estimate of drug-likeness (QED) is 0.437. The molecule has 0 aromatic carbocycles. The van der Waals surface area contributed by atoms with Gasteiger partial charge in [0.05, 0.1) is 27.2 Å². The summed E-state index contributed by atoms with van der Waals surface area (Å²) >= 11 is 0. The van der Waals surface area contributed by atoms with Crippen LogP contribution in [-0.4, -0.2) is 31.7 Å². The fraction of sp³-hybridized carbons (Fsp3) is 0.500. The van der Waals surface area contributed by atoms with Crippen LogP contribution in [0.4, 0.5) is 0 Å². The molecule has 0 aliphatic heterocycles. The Morgan fingerprint density at radius 3 is 1.60 bits per heavy atom. The number of hydrogen-bond donors (Lipinski definition) is 0. The lowest BCUT2D eigenvalue weighted by atomic mass is 10.4. The Morgan fingerprint density at radius 2 is 1.40 bits per heavy atom. The Bertz CT molecular complexity index is 95.8. The zero-order chi connectivity index (χ0) is 7.33. The molecule has 0 saturated heterocycles. The lowest BCUT2D eigenvalue weighted by molar-refractivity contribution is -0.878. The zero-order valence-electron chi connectivity index (χ0n) is 6.84. The largest absolute Gasteiger partial charge is 0.322 e. The predicted molar refractivity (Wildman–Crippen MR) is 49.5 cm³/mol. The summed E-state index contributed by atoms with van der Waals surface area (Å²) in [5, 5.41) is 0. The minimum absolute atomic E-state index is 0. The minimum Gasteiger partial charge on any atom is -0.322 e. The standard InChI is InChI=1S/C8H16N.ClH/c1-5-7-9(3,4)8-6-2;/h5-6H,1-2,7-8H2,3-4H3;1H/q+1;. The van der Waals surface area contributed by atoms with Gasteiger partial charge in [0.25, 0.3) is 0 Å². The summed E-state index contributed by atoms with van der Waals surface area (Å²) in [6.45, 7) is 9.37. The van der Waals surface area contributed by atoms with Gasteiger partial charge in [-0.3, -0.25) is 0 Å². The minimum atomic E-state index is 0. The average molecular weight is 163 g/mol. The van der Waals surface area contributed by atoms with Crippen LogP contribution in [0.2, 0.25) is 0 Å². The number of likely N-dealkylation sites (N-methyl/N-ethyl adjacent to an activating group) is 1. The highest BCUT2D eigenvalue weighted by Crippen LogP contribution is 1.95. The predicted octanol–water partition coefficient (Wildman–Crippen LogP) is 1.86.